The zero-order valence-electron chi connectivity index (χ0n) is 8.36. The molecular formula is C9H19ClSi2. The summed E-state index contributed by atoms with van der Waals surface area (Å²) in [5.74, 6) is 0. The first-order valence-corrected chi connectivity index (χ1v) is 11.4. The quantitative estimate of drug-likeness (QED) is 0.484. The van der Waals surface area contributed by atoms with Crippen molar-refractivity contribution in [2.75, 3.05) is 0 Å². The Kier molecular flexibility index (Phi) is 4.52. The standard InChI is InChI=1S/C9H19ClSi2/c1-6-12(5,7-2)9-8-11(3,4)10/h6-7H,1-2,8-9H2,3-5H3. The molecule has 0 aromatic carbocycles. The number of hydrogen-bond donors (Lipinski definition) is 0. The highest BCUT2D eigenvalue weighted by Crippen LogP contribution is 2.23. The number of halogens is 1. The van der Waals surface area contributed by atoms with Crippen molar-refractivity contribution in [1.29, 1.82) is 0 Å². The lowest BCUT2D eigenvalue weighted by atomic mass is 10.9. The third-order valence-electron chi connectivity index (χ3n) is 2.19. The van der Waals surface area contributed by atoms with Crippen LogP contribution in [-0.2, 0) is 0 Å². The predicted octanol–water partition coefficient (Wildman–Crippen LogP) is 3.96. The van der Waals surface area contributed by atoms with Gasteiger partial charge in [-0.1, -0.05) is 37.1 Å². The van der Waals surface area contributed by atoms with Gasteiger partial charge in [-0.05, 0) is 6.04 Å². The van der Waals surface area contributed by atoms with Crippen LogP contribution in [-0.4, -0.2) is 15.5 Å². The van der Waals surface area contributed by atoms with Crippen LogP contribution in [0.4, 0.5) is 0 Å². The van der Waals surface area contributed by atoms with Gasteiger partial charge in [0.2, 0.25) is 0 Å². The third kappa shape index (κ3) is 4.96. The summed E-state index contributed by atoms with van der Waals surface area (Å²) in [4.78, 5) is 0. The molecule has 0 rings (SSSR count). The van der Waals surface area contributed by atoms with Gasteiger partial charge in [0.25, 0.3) is 0 Å². The van der Waals surface area contributed by atoms with Crippen LogP contribution in [0, 0.1) is 0 Å². The van der Waals surface area contributed by atoms with Crippen LogP contribution in [0.5, 0.6) is 0 Å². The van der Waals surface area contributed by atoms with Crippen LogP contribution in [0.2, 0.25) is 31.7 Å². The second-order valence-corrected chi connectivity index (χ2v) is 15.5. The highest BCUT2D eigenvalue weighted by molar-refractivity contribution is 7.19. The van der Waals surface area contributed by atoms with Gasteiger partial charge >= 0.3 is 0 Å². The molecule has 0 atom stereocenters. The van der Waals surface area contributed by atoms with Crippen LogP contribution in [0.1, 0.15) is 0 Å². The molecule has 0 aromatic rings. The van der Waals surface area contributed by atoms with Crippen molar-refractivity contribution in [3.63, 3.8) is 0 Å². The summed E-state index contributed by atoms with van der Waals surface area (Å²) in [7, 11) is -2.72. The van der Waals surface area contributed by atoms with Crippen molar-refractivity contribution < 1.29 is 0 Å². The first kappa shape index (κ1) is 12.2. The summed E-state index contributed by atoms with van der Waals surface area (Å²) < 4.78 is 0. The second-order valence-electron chi connectivity index (χ2n) is 4.13. The maximum Gasteiger partial charge on any atom is 0.150 e. The summed E-state index contributed by atoms with van der Waals surface area (Å²) in [6.07, 6.45) is 0. The molecule has 70 valence electrons. The average Bonchev–Trinajstić information content (AvgIpc) is 1.99. The summed E-state index contributed by atoms with van der Waals surface area (Å²) in [6, 6.07) is 2.39. The predicted molar refractivity (Wildman–Crippen MR) is 65.0 cm³/mol. The molecule has 0 unspecified atom stereocenters. The zero-order chi connectivity index (χ0) is 9.83. The Morgan fingerprint density at radius 3 is 1.75 bits per heavy atom. The van der Waals surface area contributed by atoms with E-state index in [1.165, 1.54) is 12.1 Å². The molecule has 0 nitrogen and oxygen atoms in total. The molecule has 0 bridgehead atoms. The largest absolute Gasteiger partial charge is 0.168 e. The number of rotatable bonds is 5. The van der Waals surface area contributed by atoms with Crippen molar-refractivity contribution in [3.05, 3.63) is 24.6 Å². The minimum atomic E-state index is -1.39. The minimum Gasteiger partial charge on any atom is -0.168 e. The van der Waals surface area contributed by atoms with E-state index < -0.39 is 15.5 Å². The zero-order valence-corrected chi connectivity index (χ0v) is 11.1. The molecular weight excluding hydrogens is 200 g/mol. The Morgan fingerprint density at radius 2 is 1.50 bits per heavy atom. The smallest absolute Gasteiger partial charge is 0.150 e. The second kappa shape index (κ2) is 4.44. The molecule has 0 aromatic heterocycles. The third-order valence-corrected chi connectivity index (χ3v) is 7.89. The van der Waals surface area contributed by atoms with Crippen molar-refractivity contribution in [3.8, 4) is 0 Å². The maximum atomic E-state index is 6.25. The van der Waals surface area contributed by atoms with E-state index in [2.05, 4.69) is 44.2 Å². The van der Waals surface area contributed by atoms with E-state index in [4.69, 9.17) is 11.1 Å². The van der Waals surface area contributed by atoms with Gasteiger partial charge in [-0.25, -0.2) is 0 Å². The topological polar surface area (TPSA) is 0 Å². The van der Waals surface area contributed by atoms with Gasteiger partial charge in [-0.2, -0.15) is 11.1 Å². The lowest BCUT2D eigenvalue weighted by Gasteiger charge is -2.22. The first-order chi connectivity index (χ1) is 5.33. The fraction of sp³-hybridized carbons (Fsp3) is 0.556. The van der Waals surface area contributed by atoms with Crippen molar-refractivity contribution in [2.45, 2.75) is 31.7 Å². The molecule has 0 spiro atoms. The Balaban J connectivity index is 4.06. The SMILES string of the molecule is C=C[Si](C)(C=C)CC[Si](C)(C)Cl. The van der Waals surface area contributed by atoms with Gasteiger partial charge in [0, 0.05) is 0 Å². The van der Waals surface area contributed by atoms with Crippen molar-refractivity contribution in [2.24, 2.45) is 0 Å². The van der Waals surface area contributed by atoms with Gasteiger partial charge in [0.05, 0.1) is 8.07 Å². The summed E-state index contributed by atoms with van der Waals surface area (Å²) in [6.45, 7) is 14.4. The fourth-order valence-electron chi connectivity index (χ4n) is 0.854. The van der Waals surface area contributed by atoms with Gasteiger partial charge in [0.15, 0.2) is 0 Å². The van der Waals surface area contributed by atoms with E-state index in [-0.39, 0.29) is 0 Å². The lowest BCUT2D eigenvalue weighted by Crippen LogP contribution is -2.28. The normalized spacial score (nSPS) is 12.7. The molecule has 0 amide bonds. The highest BCUT2D eigenvalue weighted by Gasteiger charge is 2.24. The van der Waals surface area contributed by atoms with E-state index in [9.17, 15) is 0 Å². The van der Waals surface area contributed by atoms with E-state index >= 15 is 0 Å². The molecule has 0 aliphatic rings. The van der Waals surface area contributed by atoms with Gasteiger partial charge in [0.1, 0.15) is 7.38 Å². The molecule has 12 heavy (non-hydrogen) atoms. The monoisotopic (exact) mass is 218 g/mol. The Bertz CT molecular complexity index is 162. The molecule has 0 aliphatic heterocycles. The fourth-order valence-corrected chi connectivity index (χ4v) is 6.81. The van der Waals surface area contributed by atoms with Gasteiger partial charge in [-0.15, -0.1) is 13.2 Å². The lowest BCUT2D eigenvalue weighted by molar-refractivity contribution is 1.33. The van der Waals surface area contributed by atoms with E-state index in [1.54, 1.807) is 0 Å². The van der Waals surface area contributed by atoms with Crippen LogP contribution < -0.4 is 0 Å². The molecule has 3 heteroatoms. The molecule has 0 fully saturated rings. The van der Waals surface area contributed by atoms with Crippen LogP contribution in [0.25, 0.3) is 0 Å². The van der Waals surface area contributed by atoms with Crippen LogP contribution in [0.15, 0.2) is 24.6 Å². The maximum absolute atomic E-state index is 6.25. The van der Waals surface area contributed by atoms with Crippen LogP contribution in [0.3, 0.4) is 0 Å². The summed E-state index contributed by atoms with van der Waals surface area (Å²) in [5.41, 5.74) is 4.19. The average molecular weight is 219 g/mol. The van der Waals surface area contributed by atoms with E-state index in [0.29, 0.717) is 0 Å². The van der Waals surface area contributed by atoms with Crippen LogP contribution >= 0.6 is 11.1 Å². The van der Waals surface area contributed by atoms with Gasteiger partial charge in [-0.3, -0.25) is 0 Å². The summed E-state index contributed by atoms with van der Waals surface area (Å²) in [5, 5.41) is 0. The molecule has 0 heterocycles. The van der Waals surface area contributed by atoms with E-state index in [0.717, 1.165) is 0 Å². The summed E-state index contributed by atoms with van der Waals surface area (Å²) >= 11 is 6.25. The van der Waals surface area contributed by atoms with Crippen molar-refractivity contribution >= 4 is 26.5 Å². The number of hydrogen-bond acceptors (Lipinski definition) is 0. The molecule has 0 saturated heterocycles. The molecule has 0 saturated carbocycles. The van der Waals surface area contributed by atoms with Gasteiger partial charge < -0.3 is 0 Å². The Hall–Kier alpha value is 0.204. The Morgan fingerprint density at radius 1 is 1.08 bits per heavy atom. The highest BCUT2D eigenvalue weighted by atomic mass is 35.6. The Labute approximate surface area is 83.1 Å². The minimum absolute atomic E-state index is 1.18. The van der Waals surface area contributed by atoms with E-state index in [1.807, 2.05) is 0 Å². The molecule has 0 radical (unpaired) electrons. The van der Waals surface area contributed by atoms with Crippen molar-refractivity contribution in [1.82, 2.24) is 0 Å². The molecule has 0 aliphatic carbocycles. The molecule has 0 N–H and O–H groups in total. The first-order valence-electron chi connectivity index (χ1n) is 4.29.